The Bertz CT molecular complexity index is 416. The van der Waals surface area contributed by atoms with Gasteiger partial charge in [-0.2, -0.15) is 0 Å². The zero-order valence-electron chi connectivity index (χ0n) is 7.27. The number of aryl methyl sites for hydroxylation is 2. The average Bonchev–Trinajstić information content (AvgIpc) is 2.13. The lowest BCUT2D eigenvalue weighted by atomic mass is 10.4. The molecule has 0 fully saturated rings. The highest BCUT2D eigenvalue weighted by molar-refractivity contribution is 5.48. The van der Waals surface area contributed by atoms with E-state index in [1.165, 1.54) is 28.6 Å². The Balaban J connectivity index is 3.11. The molecule has 0 bridgehead atoms. The van der Waals surface area contributed by atoms with Gasteiger partial charge in [0.15, 0.2) is 0 Å². The van der Waals surface area contributed by atoms with Crippen molar-refractivity contribution >= 4 is 6.29 Å². The second kappa shape index (κ2) is 3.84. The summed E-state index contributed by atoms with van der Waals surface area (Å²) in [6.07, 6.45) is 3.94. The first-order valence-corrected chi connectivity index (χ1v) is 3.86. The van der Waals surface area contributed by atoms with Gasteiger partial charge in [-0.15, -0.1) is 0 Å². The molecule has 1 aromatic heterocycles. The van der Waals surface area contributed by atoms with Crippen LogP contribution in [0.3, 0.4) is 0 Å². The quantitative estimate of drug-likeness (QED) is 0.451. The van der Waals surface area contributed by atoms with E-state index in [-0.39, 0.29) is 13.0 Å². The van der Waals surface area contributed by atoms with Crippen LogP contribution >= 0.6 is 0 Å². The van der Waals surface area contributed by atoms with E-state index in [9.17, 15) is 14.4 Å². The first-order valence-electron chi connectivity index (χ1n) is 3.86. The van der Waals surface area contributed by atoms with Crippen LogP contribution in [0.2, 0.25) is 0 Å². The summed E-state index contributed by atoms with van der Waals surface area (Å²) in [5.41, 5.74) is -1.17. The normalized spacial score (nSPS) is 9.92. The molecule has 0 N–H and O–H groups in total. The zero-order valence-corrected chi connectivity index (χ0v) is 7.27. The fourth-order valence-electron chi connectivity index (χ4n) is 0.957. The van der Waals surface area contributed by atoms with E-state index in [0.717, 1.165) is 0 Å². The van der Waals surface area contributed by atoms with Crippen LogP contribution in [0.15, 0.2) is 22.0 Å². The fourth-order valence-corrected chi connectivity index (χ4v) is 0.957. The summed E-state index contributed by atoms with van der Waals surface area (Å²) >= 11 is 0. The van der Waals surface area contributed by atoms with Crippen LogP contribution in [0.5, 0.6) is 0 Å². The van der Waals surface area contributed by atoms with E-state index in [1.54, 1.807) is 0 Å². The van der Waals surface area contributed by atoms with Crippen LogP contribution in [0.1, 0.15) is 6.42 Å². The number of hydrogen-bond acceptors (Lipinski definition) is 3. The molecule has 0 saturated carbocycles. The third-order valence-electron chi connectivity index (χ3n) is 1.72. The Kier molecular flexibility index (Phi) is 2.79. The van der Waals surface area contributed by atoms with Gasteiger partial charge in [0, 0.05) is 32.4 Å². The summed E-state index contributed by atoms with van der Waals surface area (Å²) in [5, 5.41) is 0. The number of carbonyl (C=O) groups is 1. The average molecular weight is 182 g/mol. The first-order chi connectivity index (χ1) is 6.16. The van der Waals surface area contributed by atoms with Crippen molar-refractivity contribution in [3.63, 3.8) is 0 Å². The Morgan fingerprint density at radius 1 is 1.31 bits per heavy atom. The third kappa shape index (κ3) is 1.93. The van der Waals surface area contributed by atoms with Gasteiger partial charge in [-0.3, -0.25) is 9.59 Å². The molecule has 0 saturated heterocycles. The molecule has 1 aromatic rings. The second-order valence-electron chi connectivity index (χ2n) is 2.67. The predicted octanol–water partition coefficient (Wildman–Crippen LogP) is -0.864. The van der Waals surface area contributed by atoms with E-state index in [0.29, 0.717) is 6.29 Å². The molecule has 0 spiro atoms. The maximum atomic E-state index is 11.2. The molecule has 70 valence electrons. The third-order valence-corrected chi connectivity index (χ3v) is 1.72. The molecular weight excluding hydrogens is 172 g/mol. The lowest BCUT2D eigenvalue weighted by Gasteiger charge is -2.02. The molecule has 0 aliphatic rings. The molecule has 0 unspecified atom stereocenters. The molecule has 0 aliphatic carbocycles. The van der Waals surface area contributed by atoms with Gasteiger partial charge in [0.1, 0.15) is 6.29 Å². The summed E-state index contributed by atoms with van der Waals surface area (Å²) in [6, 6.07) is 0. The van der Waals surface area contributed by atoms with Gasteiger partial charge in [0.2, 0.25) is 0 Å². The van der Waals surface area contributed by atoms with Crippen molar-refractivity contribution in [1.82, 2.24) is 9.13 Å². The number of hydrogen-bond donors (Lipinski definition) is 0. The van der Waals surface area contributed by atoms with Crippen molar-refractivity contribution in [2.45, 2.75) is 13.0 Å². The minimum Gasteiger partial charge on any atom is -0.312 e. The van der Waals surface area contributed by atoms with Crippen molar-refractivity contribution in [3.8, 4) is 0 Å². The van der Waals surface area contributed by atoms with Gasteiger partial charge in [-0.05, 0) is 0 Å². The number of rotatable bonds is 3. The number of aromatic nitrogens is 2. The number of aldehydes is 1. The molecule has 13 heavy (non-hydrogen) atoms. The summed E-state index contributed by atoms with van der Waals surface area (Å²) in [7, 11) is 1.51. The highest BCUT2D eigenvalue weighted by atomic mass is 16.2. The summed E-state index contributed by atoms with van der Waals surface area (Å²) < 4.78 is 2.44. The van der Waals surface area contributed by atoms with Crippen molar-refractivity contribution < 1.29 is 4.79 Å². The van der Waals surface area contributed by atoms with Gasteiger partial charge in [0.25, 0.3) is 0 Å². The number of carbonyl (C=O) groups excluding carboxylic acids is 1. The summed E-state index contributed by atoms with van der Waals surface area (Å²) in [5.74, 6) is 0. The van der Waals surface area contributed by atoms with Crippen LogP contribution < -0.4 is 11.1 Å². The Morgan fingerprint density at radius 3 is 2.62 bits per heavy atom. The predicted molar refractivity (Wildman–Crippen MR) is 46.6 cm³/mol. The molecule has 1 rings (SSSR count). The van der Waals surface area contributed by atoms with E-state index >= 15 is 0 Å². The minimum absolute atomic E-state index is 0.243. The van der Waals surface area contributed by atoms with Gasteiger partial charge < -0.3 is 13.9 Å². The molecule has 1 heterocycles. The van der Waals surface area contributed by atoms with Gasteiger partial charge in [-0.25, -0.2) is 0 Å². The second-order valence-corrected chi connectivity index (χ2v) is 2.67. The lowest BCUT2D eigenvalue weighted by molar-refractivity contribution is -0.108. The summed E-state index contributed by atoms with van der Waals surface area (Å²) in [6.45, 7) is 0.262. The van der Waals surface area contributed by atoms with E-state index in [1.807, 2.05) is 0 Å². The fraction of sp³-hybridized carbons (Fsp3) is 0.375. The summed E-state index contributed by atoms with van der Waals surface area (Å²) in [4.78, 5) is 32.3. The van der Waals surface area contributed by atoms with Crippen LogP contribution in [-0.4, -0.2) is 15.4 Å². The molecule has 0 atom stereocenters. The highest BCUT2D eigenvalue weighted by Gasteiger charge is 2.00. The van der Waals surface area contributed by atoms with Crippen molar-refractivity contribution in [3.05, 3.63) is 33.1 Å². The van der Waals surface area contributed by atoms with Crippen LogP contribution in [0.4, 0.5) is 0 Å². The molecular formula is C8H10N2O3. The van der Waals surface area contributed by atoms with Gasteiger partial charge in [0.05, 0.1) is 0 Å². The molecule has 0 radical (unpaired) electrons. The van der Waals surface area contributed by atoms with E-state index in [2.05, 4.69) is 0 Å². The molecule has 5 nitrogen and oxygen atoms in total. The van der Waals surface area contributed by atoms with Crippen molar-refractivity contribution in [1.29, 1.82) is 0 Å². The molecule has 0 aromatic carbocycles. The Hall–Kier alpha value is -1.65. The maximum absolute atomic E-state index is 11.2. The molecule has 0 amide bonds. The highest BCUT2D eigenvalue weighted by Crippen LogP contribution is 1.81. The first kappa shape index (κ1) is 9.44. The maximum Gasteiger partial charge on any atom is 0.316 e. The largest absolute Gasteiger partial charge is 0.316 e. The molecule has 0 aliphatic heterocycles. The SMILES string of the molecule is Cn1ccn(CCC=O)c(=O)c1=O. The monoisotopic (exact) mass is 182 g/mol. The smallest absolute Gasteiger partial charge is 0.312 e. The van der Waals surface area contributed by atoms with Gasteiger partial charge >= 0.3 is 11.1 Å². The minimum atomic E-state index is -0.591. The lowest BCUT2D eigenvalue weighted by Crippen LogP contribution is -2.39. The number of nitrogens with zero attached hydrogens (tertiary/aromatic N) is 2. The van der Waals surface area contributed by atoms with Crippen LogP contribution in [-0.2, 0) is 18.4 Å². The standard InChI is InChI=1S/C8H10N2O3/c1-9-4-5-10(3-2-6-11)8(13)7(9)12/h4-6H,2-3H2,1H3. The van der Waals surface area contributed by atoms with E-state index in [4.69, 9.17) is 0 Å². The Labute approximate surface area is 74.2 Å². The van der Waals surface area contributed by atoms with E-state index < -0.39 is 11.1 Å². The van der Waals surface area contributed by atoms with Crippen LogP contribution in [0.25, 0.3) is 0 Å². The zero-order chi connectivity index (χ0) is 9.84. The van der Waals surface area contributed by atoms with Crippen molar-refractivity contribution in [2.75, 3.05) is 0 Å². The van der Waals surface area contributed by atoms with Gasteiger partial charge in [-0.1, -0.05) is 0 Å². The van der Waals surface area contributed by atoms with Crippen molar-refractivity contribution in [2.24, 2.45) is 7.05 Å². The molecule has 5 heteroatoms. The topological polar surface area (TPSA) is 61.1 Å². The Morgan fingerprint density at radius 2 is 2.00 bits per heavy atom. The van der Waals surface area contributed by atoms with Crippen LogP contribution in [0, 0.1) is 0 Å².